The number of halogens is 2. The van der Waals surface area contributed by atoms with Gasteiger partial charge in [-0.3, -0.25) is 4.79 Å². The number of aromatic nitrogens is 1. The van der Waals surface area contributed by atoms with Gasteiger partial charge < -0.3 is 9.88 Å². The number of hydrogen-bond acceptors (Lipinski definition) is 1. The molecule has 134 valence electrons. The SMILES string of the molecule is Cc1c(C(=O)NC(C)c2cccc(F)c2F)ccn1Cc1ccccc1. The quantitative estimate of drug-likeness (QED) is 0.713. The van der Waals surface area contributed by atoms with E-state index in [-0.39, 0.29) is 11.5 Å². The number of carbonyl (C=O) groups is 1. The Bertz CT molecular complexity index is 919. The number of benzene rings is 2. The summed E-state index contributed by atoms with van der Waals surface area (Å²) >= 11 is 0. The average molecular weight is 354 g/mol. The highest BCUT2D eigenvalue weighted by Gasteiger charge is 2.19. The molecule has 1 N–H and O–H groups in total. The topological polar surface area (TPSA) is 34.0 Å². The van der Waals surface area contributed by atoms with E-state index < -0.39 is 17.7 Å². The first-order chi connectivity index (χ1) is 12.5. The van der Waals surface area contributed by atoms with Gasteiger partial charge in [-0.05, 0) is 31.5 Å². The lowest BCUT2D eigenvalue weighted by Gasteiger charge is -2.15. The summed E-state index contributed by atoms with van der Waals surface area (Å²) in [6, 6.07) is 15.0. The van der Waals surface area contributed by atoms with Crippen molar-refractivity contribution in [3.05, 3.63) is 94.8 Å². The van der Waals surface area contributed by atoms with Gasteiger partial charge in [-0.2, -0.15) is 0 Å². The van der Waals surface area contributed by atoms with Gasteiger partial charge in [0.25, 0.3) is 5.91 Å². The molecule has 26 heavy (non-hydrogen) atoms. The number of rotatable bonds is 5. The van der Waals surface area contributed by atoms with Crippen molar-refractivity contribution in [3.63, 3.8) is 0 Å². The lowest BCUT2D eigenvalue weighted by Crippen LogP contribution is -2.27. The maximum Gasteiger partial charge on any atom is 0.253 e. The Morgan fingerprint density at radius 2 is 1.81 bits per heavy atom. The van der Waals surface area contributed by atoms with Crippen LogP contribution in [0.5, 0.6) is 0 Å². The normalized spacial score (nSPS) is 12.0. The zero-order chi connectivity index (χ0) is 18.7. The fourth-order valence-electron chi connectivity index (χ4n) is 2.95. The number of amides is 1. The molecule has 1 aromatic heterocycles. The standard InChI is InChI=1S/C21H20F2N2O/c1-14(17-9-6-10-19(22)20(17)23)24-21(26)18-11-12-25(15(18)2)13-16-7-4-3-5-8-16/h3-12,14H,13H2,1-2H3,(H,24,26). The highest BCUT2D eigenvalue weighted by atomic mass is 19.2. The minimum Gasteiger partial charge on any atom is -0.347 e. The summed E-state index contributed by atoms with van der Waals surface area (Å²) in [7, 11) is 0. The molecule has 0 saturated heterocycles. The molecule has 3 nitrogen and oxygen atoms in total. The first-order valence-corrected chi connectivity index (χ1v) is 8.42. The maximum atomic E-state index is 13.9. The number of nitrogens with zero attached hydrogens (tertiary/aromatic N) is 1. The van der Waals surface area contributed by atoms with Crippen molar-refractivity contribution in [2.24, 2.45) is 0 Å². The molecule has 0 bridgehead atoms. The van der Waals surface area contributed by atoms with Gasteiger partial charge in [0.15, 0.2) is 11.6 Å². The molecule has 1 atom stereocenters. The third-order valence-electron chi connectivity index (χ3n) is 4.48. The fourth-order valence-corrected chi connectivity index (χ4v) is 2.95. The lowest BCUT2D eigenvalue weighted by atomic mass is 10.1. The molecule has 2 aromatic carbocycles. The Kier molecular flexibility index (Phi) is 5.16. The van der Waals surface area contributed by atoms with Crippen LogP contribution in [0.1, 0.15) is 40.1 Å². The van der Waals surface area contributed by atoms with Crippen molar-refractivity contribution in [1.29, 1.82) is 0 Å². The molecule has 3 aromatic rings. The molecule has 0 aliphatic carbocycles. The molecule has 1 heterocycles. The van der Waals surface area contributed by atoms with Crippen LogP contribution < -0.4 is 5.32 Å². The minimum absolute atomic E-state index is 0.125. The second-order valence-corrected chi connectivity index (χ2v) is 6.27. The first kappa shape index (κ1) is 17.9. The van der Waals surface area contributed by atoms with Crippen molar-refractivity contribution in [1.82, 2.24) is 9.88 Å². The van der Waals surface area contributed by atoms with E-state index in [1.165, 1.54) is 12.1 Å². The molecule has 0 spiro atoms. The maximum absolute atomic E-state index is 13.9. The molecule has 0 radical (unpaired) electrons. The van der Waals surface area contributed by atoms with Gasteiger partial charge in [0.1, 0.15) is 0 Å². The Morgan fingerprint density at radius 3 is 2.54 bits per heavy atom. The van der Waals surface area contributed by atoms with Crippen LogP contribution in [0.25, 0.3) is 0 Å². The number of nitrogens with one attached hydrogen (secondary N) is 1. The molecule has 1 unspecified atom stereocenters. The van der Waals surface area contributed by atoms with E-state index in [2.05, 4.69) is 5.32 Å². The van der Waals surface area contributed by atoms with Crippen LogP contribution in [0.15, 0.2) is 60.8 Å². The molecule has 1 amide bonds. The van der Waals surface area contributed by atoms with Gasteiger partial charge in [0.2, 0.25) is 0 Å². The molecular formula is C21H20F2N2O. The first-order valence-electron chi connectivity index (χ1n) is 8.42. The third kappa shape index (κ3) is 3.67. The predicted molar refractivity (Wildman–Crippen MR) is 97.0 cm³/mol. The van der Waals surface area contributed by atoms with Crippen molar-refractivity contribution in [2.45, 2.75) is 26.4 Å². The summed E-state index contributed by atoms with van der Waals surface area (Å²) in [5, 5.41) is 2.74. The molecule has 5 heteroatoms. The lowest BCUT2D eigenvalue weighted by molar-refractivity contribution is 0.0938. The van der Waals surface area contributed by atoms with Crippen LogP contribution in [-0.2, 0) is 6.54 Å². The van der Waals surface area contributed by atoms with Crippen molar-refractivity contribution >= 4 is 5.91 Å². The molecule has 3 rings (SSSR count). The third-order valence-corrected chi connectivity index (χ3v) is 4.48. The summed E-state index contributed by atoms with van der Waals surface area (Å²) in [5.74, 6) is -2.17. The van der Waals surface area contributed by atoms with E-state index in [1.807, 2.05) is 48.0 Å². The number of carbonyl (C=O) groups excluding carboxylic acids is 1. The van der Waals surface area contributed by atoms with Gasteiger partial charge in [-0.1, -0.05) is 42.5 Å². The predicted octanol–water partition coefficient (Wildman–Crippen LogP) is 4.61. The highest BCUT2D eigenvalue weighted by Crippen LogP contribution is 2.20. The summed E-state index contributed by atoms with van der Waals surface area (Å²) < 4.78 is 29.3. The summed E-state index contributed by atoms with van der Waals surface area (Å²) in [6.07, 6.45) is 1.85. The Hall–Kier alpha value is -2.95. The van der Waals surface area contributed by atoms with Gasteiger partial charge in [-0.15, -0.1) is 0 Å². The smallest absolute Gasteiger partial charge is 0.253 e. The van der Waals surface area contributed by atoms with E-state index in [4.69, 9.17) is 0 Å². The molecular weight excluding hydrogens is 334 g/mol. The summed E-state index contributed by atoms with van der Waals surface area (Å²) in [5.41, 5.74) is 2.59. The number of hydrogen-bond donors (Lipinski definition) is 1. The summed E-state index contributed by atoms with van der Waals surface area (Å²) in [4.78, 5) is 12.6. The Labute approximate surface area is 151 Å². The van der Waals surface area contributed by atoms with Crippen LogP contribution in [0.2, 0.25) is 0 Å². The highest BCUT2D eigenvalue weighted by molar-refractivity contribution is 5.95. The Morgan fingerprint density at radius 1 is 1.08 bits per heavy atom. The van der Waals surface area contributed by atoms with Gasteiger partial charge >= 0.3 is 0 Å². The van der Waals surface area contributed by atoms with E-state index in [1.54, 1.807) is 13.0 Å². The molecule has 0 aliphatic heterocycles. The van der Waals surface area contributed by atoms with E-state index in [0.29, 0.717) is 12.1 Å². The van der Waals surface area contributed by atoms with E-state index >= 15 is 0 Å². The second-order valence-electron chi connectivity index (χ2n) is 6.27. The van der Waals surface area contributed by atoms with Crippen LogP contribution in [-0.4, -0.2) is 10.5 Å². The van der Waals surface area contributed by atoms with Gasteiger partial charge in [0.05, 0.1) is 11.6 Å². The van der Waals surface area contributed by atoms with Crippen LogP contribution in [0.4, 0.5) is 8.78 Å². The fraction of sp³-hybridized carbons (Fsp3) is 0.190. The summed E-state index contributed by atoms with van der Waals surface area (Å²) in [6.45, 7) is 4.16. The minimum atomic E-state index is -0.932. The Balaban J connectivity index is 1.75. The molecule has 0 aliphatic rings. The van der Waals surface area contributed by atoms with Crippen LogP contribution in [0, 0.1) is 18.6 Å². The zero-order valence-electron chi connectivity index (χ0n) is 14.7. The van der Waals surface area contributed by atoms with E-state index in [0.717, 1.165) is 17.3 Å². The van der Waals surface area contributed by atoms with Crippen molar-refractivity contribution in [2.75, 3.05) is 0 Å². The van der Waals surface area contributed by atoms with Crippen molar-refractivity contribution in [3.8, 4) is 0 Å². The second kappa shape index (κ2) is 7.52. The largest absolute Gasteiger partial charge is 0.347 e. The van der Waals surface area contributed by atoms with Gasteiger partial charge in [-0.25, -0.2) is 8.78 Å². The van der Waals surface area contributed by atoms with E-state index in [9.17, 15) is 13.6 Å². The zero-order valence-corrected chi connectivity index (χ0v) is 14.7. The van der Waals surface area contributed by atoms with Crippen LogP contribution >= 0.6 is 0 Å². The monoisotopic (exact) mass is 354 g/mol. The molecule has 0 saturated carbocycles. The van der Waals surface area contributed by atoms with Crippen molar-refractivity contribution < 1.29 is 13.6 Å². The molecule has 0 fully saturated rings. The van der Waals surface area contributed by atoms with Crippen LogP contribution in [0.3, 0.4) is 0 Å². The average Bonchev–Trinajstić information content (AvgIpc) is 2.99. The van der Waals surface area contributed by atoms with Gasteiger partial charge in [0, 0.05) is 24.0 Å².